The minimum absolute atomic E-state index is 0.113. The summed E-state index contributed by atoms with van der Waals surface area (Å²) in [5.74, 6) is 0.488. The fraction of sp³-hybridized carbons (Fsp3) is 0.625. The predicted octanol–water partition coefficient (Wildman–Crippen LogP) is 1.18. The number of likely N-dealkylation sites (N-methyl/N-ethyl adjacent to an activating group) is 2. The molecule has 15 heavy (non-hydrogen) atoms. The number of anilines is 1. The van der Waals surface area contributed by atoms with Gasteiger partial charge in [-0.15, -0.1) is 0 Å². The SMILES string of the molecule is CN(C)CCN(C)c1nc(Cl)nc(Cl)n1. The van der Waals surface area contributed by atoms with Crippen LogP contribution in [-0.4, -0.2) is 54.1 Å². The molecule has 0 radical (unpaired) electrons. The fourth-order valence-electron chi connectivity index (χ4n) is 0.937. The third-order valence-corrected chi connectivity index (χ3v) is 2.13. The second-order valence-corrected chi connectivity index (χ2v) is 4.07. The van der Waals surface area contributed by atoms with Gasteiger partial charge in [0.25, 0.3) is 0 Å². The molecule has 0 aliphatic carbocycles. The first-order valence-electron chi connectivity index (χ1n) is 4.42. The molecule has 1 aromatic heterocycles. The molecule has 1 aromatic rings. The lowest BCUT2D eigenvalue weighted by Crippen LogP contribution is -2.29. The largest absolute Gasteiger partial charge is 0.342 e. The lowest BCUT2D eigenvalue weighted by Gasteiger charge is -2.19. The topological polar surface area (TPSA) is 45.2 Å². The highest BCUT2D eigenvalue weighted by Crippen LogP contribution is 2.12. The zero-order valence-corrected chi connectivity index (χ0v) is 10.4. The number of nitrogens with zero attached hydrogens (tertiary/aromatic N) is 5. The van der Waals surface area contributed by atoms with Gasteiger partial charge in [-0.05, 0) is 37.3 Å². The Hall–Kier alpha value is -0.650. The fourth-order valence-corrected chi connectivity index (χ4v) is 1.29. The van der Waals surface area contributed by atoms with Crippen LogP contribution in [0.4, 0.5) is 5.95 Å². The van der Waals surface area contributed by atoms with Crippen LogP contribution < -0.4 is 4.90 Å². The highest BCUT2D eigenvalue weighted by Gasteiger charge is 2.08. The first-order chi connectivity index (χ1) is 6.99. The molecule has 0 saturated carbocycles. The quantitative estimate of drug-likeness (QED) is 0.802. The Balaban J connectivity index is 2.68. The van der Waals surface area contributed by atoms with E-state index >= 15 is 0 Å². The minimum atomic E-state index is 0.113. The predicted molar refractivity (Wildman–Crippen MR) is 61.7 cm³/mol. The number of rotatable bonds is 4. The second kappa shape index (κ2) is 5.44. The van der Waals surface area contributed by atoms with E-state index in [1.807, 2.05) is 26.0 Å². The second-order valence-electron chi connectivity index (χ2n) is 3.40. The maximum absolute atomic E-state index is 5.67. The number of aromatic nitrogens is 3. The van der Waals surface area contributed by atoms with E-state index in [4.69, 9.17) is 23.2 Å². The molecule has 0 unspecified atom stereocenters. The van der Waals surface area contributed by atoms with Crippen molar-refractivity contribution in [2.24, 2.45) is 0 Å². The van der Waals surface area contributed by atoms with E-state index in [9.17, 15) is 0 Å². The molecule has 0 saturated heterocycles. The van der Waals surface area contributed by atoms with Gasteiger partial charge in [0, 0.05) is 20.1 Å². The lowest BCUT2D eigenvalue weighted by atomic mass is 10.5. The Labute approximate surface area is 99.0 Å². The molecule has 1 heterocycles. The molecule has 0 N–H and O–H groups in total. The lowest BCUT2D eigenvalue weighted by molar-refractivity contribution is 0.415. The molecule has 0 bridgehead atoms. The Bertz CT molecular complexity index is 311. The van der Waals surface area contributed by atoms with Gasteiger partial charge in [-0.25, -0.2) is 0 Å². The molecule has 0 aromatic carbocycles. The van der Waals surface area contributed by atoms with E-state index in [0.29, 0.717) is 5.95 Å². The standard InChI is InChI=1S/C8H13Cl2N5/c1-14(2)4-5-15(3)8-12-6(9)11-7(10)13-8/h4-5H2,1-3H3. The Kier molecular flexibility index (Phi) is 4.50. The van der Waals surface area contributed by atoms with E-state index in [1.54, 1.807) is 0 Å². The van der Waals surface area contributed by atoms with E-state index < -0.39 is 0 Å². The van der Waals surface area contributed by atoms with Crippen LogP contribution in [0.25, 0.3) is 0 Å². The van der Waals surface area contributed by atoms with Crippen molar-refractivity contribution < 1.29 is 0 Å². The Morgan fingerprint density at radius 2 is 1.47 bits per heavy atom. The van der Waals surface area contributed by atoms with Crippen molar-refractivity contribution in [3.8, 4) is 0 Å². The van der Waals surface area contributed by atoms with Gasteiger partial charge >= 0.3 is 0 Å². The number of hydrogen-bond acceptors (Lipinski definition) is 5. The van der Waals surface area contributed by atoms with Crippen LogP contribution in [0.5, 0.6) is 0 Å². The smallest absolute Gasteiger partial charge is 0.230 e. The van der Waals surface area contributed by atoms with Crippen molar-refractivity contribution in [1.29, 1.82) is 0 Å². The molecule has 7 heteroatoms. The molecular weight excluding hydrogens is 237 g/mol. The van der Waals surface area contributed by atoms with Gasteiger partial charge in [-0.1, -0.05) is 0 Å². The van der Waals surface area contributed by atoms with Crippen molar-refractivity contribution >= 4 is 29.2 Å². The minimum Gasteiger partial charge on any atom is -0.342 e. The van der Waals surface area contributed by atoms with Gasteiger partial charge in [0.05, 0.1) is 0 Å². The van der Waals surface area contributed by atoms with Gasteiger partial charge in [-0.3, -0.25) is 0 Å². The third-order valence-electron chi connectivity index (χ3n) is 1.79. The van der Waals surface area contributed by atoms with Crippen molar-refractivity contribution in [2.45, 2.75) is 0 Å². The first kappa shape index (κ1) is 12.4. The van der Waals surface area contributed by atoms with Gasteiger partial charge in [0.1, 0.15) is 0 Å². The van der Waals surface area contributed by atoms with Crippen molar-refractivity contribution in [2.75, 3.05) is 39.1 Å². The number of hydrogen-bond donors (Lipinski definition) is 0. The summed E-state index contributed by atoms with van der Waals surface area (Å²) in [6.07, 6.45) is 0. The highest BCUT2D eigenvalue weighted by atomic mass is 35.5. The van der Waals surface area contributed by atoms with Crippen LogP contribution in [0, 0.1) is 0 Å². The summed E-state index contributed by atoms with van der Waals surface area (Å²) >= 11 is 11.3. The third kappa shape index (κ3) is 4.15. The van der Waals surface area contributed by atoms with E-state index in [0.717, 1.165) is 13.1 Å². The summed E-state index contributed by atoms with van der Waals surface area (Å²) in [7, 11) is 5.88. The van der Waals surface area contributed by atoms with Gasteiger partial charge in [0.2, 0.25) is 16.5 Å². The molecule has 0 aliphatic heterocycles. The van der Waals surface area contributed by atoms with Crippen LogP contribution in [0.1, 0.15) is 0 Å². The van der Waals surface area contributed by atoms with Crippen molar-refractivity contribution in [3.05, 3.63) is 10.6 Å². The molecule has 0 atom stereocenters. The molecule has 0 fully saturated rings. The zero-order valence-electron chi connectivity index (χ0n) is 8.91. The maximum Gasteiger partial charge on any atom is 0.230 e. The summed E-state index contributed by atoms with van der Waals surface area (Å²) < 4.78 is 0. The van der Waals surface area contributed by atoms with Crippen molar-refractivity contribution in [3.63, 3.8) is 0 Å². The molecule has 0 aliphatic rings. The molecular formula is C8H13Cl2N5. The van der Waals surface area contributed by atoms with E-state index in [-0.39, 0.29) is 10.6 Å². The van der Waals surface area contributed by atoms with Gasteiger partial charge in [0.15, 0.2) is 0 Å². The van der Waals surface area contributed by atoms with Crippen LogP contribution in [-0.2, 0) is 0 Å². The molecule has 0 amide bonds. The molecule has 1 rings (SSSR count). The Morgan fingerprint density at radius 3 is 1.93 bits per heavy atom. The highest BCUT2D eigenvalue weighted by molar-refractivity contribution is 6.31. The molecule has 5 nitrogen and oxygen atoms in total. The molecule has 0 spiro atoms. The van der Waals surface area contributed by atoms with Gasteiger partial charge < -0.3 is 9.80 Å². The van der Waals surface area contributed by atoms with E-state index in [1.165, 1.54) is 0 Å². The summed E-state index contributed by atoms with van der Waals surface area (Å²) in [5.41, 5.74) is 0. The molecule has 84 valence electrons. The first-order valence-corrected chi connectivity index (χ1v) is 5.17. The van der Waals surface area contributed by atoms with Crippen LogP contribution in [0.2, 0.25) is 10.6 Å². The maximum atomic E-state index is 5.67. The Morgan fingerprint density at radius 1 is 0.933 bits per heavy atom. The average Bonchev–Trinajstić information content (AvgIpc) is 2.12. The number of halogens is 2. The van der Waals surface area contributed by atoms with E-state index in [2.05, 4.69) is 19.9 Å². The zero-order chi connectivity index (χ0) is 11.4. The summed E-state index contributed by atoms with van der Waals surface area (Å²) in [5, 5.41) is 0.225. The monoisotopic (exact) mass is 249 g/mol. The summed E-state index contributed by atoms with van der Waals surface area (Å²) in [6, 6.07) is 0. The van der Waals surface area contributed by atoms with Crippen LogP contribution in [0.15, 0.2) is 0 Å². The van der Waals surface area contributed by atoms with Gasteiger partial charge in [-0.2, -0.15) is 15.0 Å². The summed E-state index contributed by atoms with van der Waals surface area (Å²) in [6.45, 7) is 1.70. The van der Waals surface area contributed by atoms with Crippen LogP contribution >= 0.6 is 23.2 Å². The average molecular weight is 250 g/mol. The van der Waals surface area contributed by atoms with Crippen molar-refractivity contribution in [1.82, 2.24) is 19.9 Å². The summed E-state index contributed by atoms with van der Waals surface area (Å²) in [4.78, 5) is 15.6. The normalized spacial score (nSPS) is 10.8. The van der Waals surface area contributed by atoms with Crippen LogP contribution in [0.3, 0.4) is 0 Å².